The van der Waals surface area contributed by atoms with Gasteiger partial charge in [-0.05, 0) is 5.92 Å². The Labute approximate surface area is 56.4 Å². The van der Waals surface area contributed by atoms with Gasteiger partial charge in [0, 0.05) is 12.3 Å². The van der Waals surface area contributed by atoms with E-state index in [1.807, 2.05) is 11.9 Å². The second-order valence-corrected chi connectivity index (χ2v) is 3.11. The smallest absolute Gasteiger partial charge is 0.0102 e. The Morgan fingerprint density at radius 2 is 2.12 bits per heavy atom. The predicted octanol–water partition coefficient (Wildman–Crippen LogP) is 1.90. The first kappa shape index (κ1) is 8.31. The van der Waals surface area contributed by atoms with E-state index in [1.165, 1.54) is 5.75 Å². The van der Waals surface area contributed by atoms with Crippen LogP contribution in [-0.4, -0.2) is 12.3 Å². The van der Waals surface area contributed by atoms with E-state index >= 15 is 0 Å². The van der Waals surface area contributed by atoms with Crippen LogP contribution < -0.4 is 4.72 Å². The average Bonchev–Trinajstić information content (AvgIpc) is 1.66. The third-order valence-corrected chi connectivity index (χ3v) is 1.99. The minimum absolute atomic E-state index is 0.805. The van der Waals surface area contributed by atoms with Crippen molar-refractivity contribution in [2.24, 2.45) is 5.92 Å². The van der Waals surface area contributed by atoms with Crippen molar-refractivity contribution in [3.8, 4) is 0 Å². The molecule has 0 saturated heterocycles. The molecule has 0 aliphatic heterocycles. The first-order chi connectivity index (χ1) is 3.77. The quantitative estimate of drug-likeness (QED) is 0.464. The van der Waals surface area contributed by atoms with Gasteiger partial charge in [-0.1, -0.05) is 32.7 Å². The molecule has 0 fully saturated rings. The summed E-state index contributed by atoms with van der Waals surface area (Å²) in [5.41, 5.74) is 0. The highest BCUT2D eigenvalue weighted by Gasteiger charge is 1.90. The number of rotatable bonds is 4. The maximum atomic E-state index is 3.20. The van der Waals surface area contributed by atoms with E-state index in [4.69, 9.17) is 0 Å². The Kier molecular flexibility index (Phi) is 5.66. The van der Waals surface area contributed by atoms with E-state index in [0.29, 0.717) is 0 Å². The van der Waals surface area contributed by atoms with Crippen molar-refractivity contribution in [3.63, 3.8) is 0 Å². The zero-order valence-electron chi connectivity index (χ0n) is 5.90. The minimum atomic E-state index is 0.805. The van der Waals surface area contributed by atoms with Crippen molar-refractivity contribution in [1.82, 2.24) is 4.72 Å². The van der Waals surface area contributed by atoms with Gasteiger partial charge in [0.2, 0.25) is 0 Å². The fraction of sp³-hybridized carbons (Fsp3) is 1.00. The van der Waals surface area contributed by atoms with Crippen LogP contribution in [0, 0.1) is 5.92 Å². The van der Waals surface area contributed by atoms with Crippen molar-refractivity contribution < 1.29 is 0 Å². The first-order valence-corrected chi connectivity index (χ1v) is 4.10. The van der Waals surface area contributed by atoms with Crippen LogP contribution in [0.2, 0.25) is 0 Å². The lowest BCUT2D eigenvalue weighted by Gasteiger charge is -2.02. The second-order valence-electron chi connectivity index (χ2n) is 2.20. The molecule has 0 rings (SSSR count). The number of hydrogen-bond acceptors (Lipinski definition) is 2. The van der Waals surface area contributed by atoms with Crippen molar-refractivity contribution in [2.75, 3.05) is 12.3 Å². The minimum Gasteiger partial charge on any atom is -0.264 e. The van der Waals surface area contributed by atoms with Crippen molar-refractivity contribution in [2.45, 2.75) is 20.8 Å². The van der Waals surface area contributed by atoms with Gasteiger partial charge in [0.05, 0.1) is 0 Å². The van der Waals surface area contributed by atoms with Gasteiger partial charge in [-0.2, -0.15) is 0 Å². The highest BCUT2D eigenvalue weighted by molar-refractivity contribution is 7.97. The maximum Gasteiger partial charge on any atom is 0.0102 e. The van der Waals surface area contributed by atoms with E-state index in [0.717, 1.165) is 12.5 Å². The highest BCUT2D eigenvalue weighted by Crippen LogP contribution is 2.01. The Morgan fingerprint density at radius 3 is 2.50 bits per heavy atom. The van der Waals surface area contributed by atoms with Crippen LogP contribution in [0.3, 0.4) is 0 Å². The molecule has 0 saturated carbocycles. The van der Waals surface area contributed by atoms with E-state index in [2.05, 4.69) is 25.5 Å². The fourth-order valence-corrected chi connectivity index (χ4v) is 0.983. The summed E-state index contributed by atoms with van der Waals surface area (Å²) in [6.45, 7) is 7.64. The number of nitrogens with one attached hydrogen (secondary N) is 1. The third-order valence-electron chi connectivity index (χ3n) is 0.663. The van der Waals surface area contributed by atoms with Crippen LogP contribution in [0.4, 0.5) is 0 Å². The van der Waals surface area contributed by atoms with Gasteiger partial charge in [-0.15, -0.1) is 0 Å². The Balaban J connectivity index is 2.72. The zero-order chi connectivity index (χ0) is 6.41. The monoisotopic (exact) mass is 133 g/mol. The predicted molar refractivity (Wildman–Crippen MR) is 41.0 cm³/mol. The molecule has 0 spiro atoms. The molecule has 8 heavy (non-hydrogen) atoms. The molecular formula is C6H15NS. The molecule has 0 aliphatic carbocycles. The summed E-state index contributed by atoms with van der Waals surface area (Å²) in [6.07, 6.45) is 0. The summed E-state index contributed by atoms with van der Waals surface area (Å²) in [4.78, 5) is 0. The Morgan fingerprint density at radius 1 is 1.50 bits per heavy atom. The molecule has 0 aliphatic rings. The number of hydrogen-bond donors (Lipinski definition) is 1. The summed E-state index contributed by atoms with van der Waals surface area (Å²) >= 11 is 1.81. The van der Waals surface area contributed by atoms with Gasteiger partial charge in [0.25, 0.3) is 0 Å². The van der Waals surface area contributed by atoms with Crippen LogP contribution in [0.5, 0.6) is 0 Å². The molecule has 0 aromatic carbocycles. The molecule has 0 unspecified atom stereocenters. The molecule has 0 amide bonds. The molecule has 1 nitrogen and oxygen atoms in total. The highest BCUT2D eigenvalue weighted by atomic mass is 32.2. The van der Waals surface area contributed by atoms with Gasteiger partial charge >= 0.3 is 0 Å². The van der Waals surface area contributed by atoms with Crippen LogP contribution in [-0.2, 0) is 0 Å². The summed E-state index contributed by atoms with van der Waals surface area (Å²) in [5, 5.41) is 0. The van der Waals surface area contributed by atoms with Crippen LogP contribution >= 0.6 is 11.9 Å². The van der Waals surface area contributed by atoms with Crippen molar-refractivity contribution >= 4 is 11.9 Å². The van der Waals surface area contributed by atoms with Gasteiger partial charge in [-0.25, -0.2) is 0 Å². The largest absolute Gasteiger partial charge is 0.264 e. The van der Waals surface area contributed by atoms with Crippen molar-refractivity contribution in [1.29, 1.82) is 0 Å². The molecule has 0 radical (unpaired) electrons. The van der Waals surface area contributed by atoms with E-state index in [-0.39, 0.29) is 0 Å². The van der Waals surface area contributed by atoms with Gasteiger partial charge in [0.1, 0.15) is 0 Å². The summed E-state index contributed by atoms with van der Waals surface area (Å²) in [7, 11) is 0. The lowest BCUT2D eigenvalue weighted by atomic mass is 10.3. The van der Waals surface area contributed by atoms with Crippen molar-refractivity contribution in [3.05, 3.63) is 0 Å². The molecule has 0 aromatic heterocycles. The molecule has 2 heteroatoms. The summed E-state index contributed by atoms with van der Waals surface area (Å²) in [6, 6.07) is 0. The topological polar surface area (TPSA) is 12.0 Å². The van der Waals surface area contributed by atoms with Gasteiger partial charge in [-0.3, -0.25) is 4.72 Å². The molecule has 0 heterocycles. The average molecular weight is 133 g/mol. The van der Waals surface area contributed by atoms with Crippen LogP contribution in [0.25, 0.3) is 0 Å². The maximum absolute atomic E-state index is 3.20. The Bertz CT molecular complexity index is 45.8. The molecule has 0 aromatic rings. The van der Waals surface area contributed by atoms with Crippen LogP contribution in [0.15, 0.2) is 0 Å². The fourth-order valence-electron chi connectivity index (χ4n) is 0.328. The summed E-state index contributed by atoms with van der Waals surface area (Å²) < 4.78 is 3.20. The summed E-state index contributed by atoms with van der Waals surface area (Å²) in [5.74, 6) is 2.02. The van der Waals surface area contributed by atoms with Crippen LogP contribution in [0.1, 0.15) is 20.8 Å². The normalized spacial score (nSPS) is 10.5. The molecular weight excluding hydrogens is 118 g/mol. The molecule has 0 atom stereocenters. The van der Waals surface area contributed by atoms with E-state index < -0.39 is 0 Å². The van der Waals surface area contributed by atoms with Gasteiger partial charge in [0.15, 0.2) is 0 Å². The van der Waals surface area contributed by atoms with E-state index in [9.17, 15) is 0 Å². The lowest BCUT2D eigenvalue weighted by Crippen LogP contribution is -2.04. The molecule has 1 N–H and O–H groups in total. The standard InChI is InChI=1S/C6H15NS/c1-4-7-8-5-6(2)3/h6-7H,4-5H2,1-3H3. The van der Waals surface area contributed by atoms with Gasteiger partial charge < -0.3 is 0 Å². The third kappa shape index (κ3) is 6.31. The second kappa shape index (κ2) is 5.45. The Hall–Kier alpha value is 0.310. The zero-order valence-corrected chi connectivity index (χ0v) is 6.72. The molecule has 50 valence electrons. The first-order valence-electron chi connectivity index (χ1n) is 3.12. The lowest BCUT2D eigenvalue weighted by molar-refractivity contribution is 0.747. The molecule has 0 bridgehead atoms. The van der Waals surface area contributed by atoms with E-state index in [1.54, 1.807) is 0 Å². The SMILES string of the molecule is CCNSCC(C)C.